The molecule has 0 spiro atoms. The van der Waals surface area contributed by atoms with Gasteiger partial charge in [0, 0.05) is 0 Å². The van der Waals surface area contributed by atoms with Crippen LogP contribution in [0.15, 0.2) is 17.2 Å². The van der Waals surface area contributed by atoms with Gasteiger partial charge in [-0.1, -0.05) is 13.3 Å². The predicted octanol–water partition coefficient (Wildman–Crippen LogP) is 2.61. The number of carboxylic acid groups (broad SMARTS) is 1. The highest BCUT2D eigenvalue weighted by molar-refractivity contribution is 7.99. The zero-order chi connectivity index (χ0) is 9.68. The summed E-state index contributed by atoms with van der Waals surface area (Å²) in [6.07, 6.45) is 2.32. The van der Waals surface area contributed by atoms with E-state index in [1.807, 2.05) is 6.07 Å². The Labute approximate surface area is 81.5 Å². The third-order valence-electron chi connectivity index (χ3n) is 1.65. The van der Waals surface area contributed by atoms with E-state index in [1.165, 1.54) is 6.42 Å². The lowest BCUT2D eigenvalue weighted by Crippen LogP contribution is -1.95. The second-order valence-corrected chi connectivity index (χ2v) is 3.88. The molecule has 0 bridgehead atoms. The van der Waals surface area contributed by atoms with Crippen molar-refractivity contribution in [3.63, 3.8) is 0 Å². The number of hydrogen-bond acceptors (Lipinski definition) is 2. The van der Waals surface area contributed by atoms with Crippen LogP contribution in [-0.2, 0) is 0 Å². The molecular weight excluding hydrogens is 186 g/mol. The minimum absolute atomic E-state index is 0.263. The number of rotatable bonds is 5. The molecule has 0 aliphatic rings. The number of unbranched alkanes of at least 4 members (excludes halogenated alkanes) is 1. The van der Waals surface area contributed by atoms with E-state index in [0.717, 1.165) is 17.2 Å². The molecule has 0 radical (unpaired) electrons. The highest BCUT2D eigenvalue weighted by Crippen LogP contribution is 2.18. The number of carbonyl (C=O) groups is 1. The van der Waals surface area contributed by atoms with Crippen molar-refractivity contribution in [2.45, 2.75) is 24.8 Å². The molecular formula is C9H13NO2S. The van der Waals surface area contributed by atoms with E-state index >= 15 is 0 Å². The molecule has 0 aliphatic carbocycles. The molecule has 0 aromatic carbocycles. The summed E-state index contributed by atoms with van der Waals surface area (Å²) in [5, 5.41) is 9.57. The van der Waals surface area contributed by atoms with E-state index in [-0.39, 0.29) is 5.69 Å². The number of thioether (sulfide) groups is 1. The predicted molar refractivity (Wildman–Crippen MR) is 53.4 cm³/mol. The summed E-state index contributed by atoms with van der Waals surface area (Å²) in [7, 11) is 0. The van der Waals surface area contributed by atoms with E-state index in [4.69, 9.17) is 5.11 Å². The number of nitrogens with one attached hydrogen (secondary N) is 1. The van der Waals surface area contributed by atoms with Crippen molar-refractivity contribution in [2.75, 3.05) is 5.75 Å². The Morgan fingerprint density at radius 2 is 2.38 bits per heavy atom. The van der Waals surface area contributed by atoms with Crippen LogP contribution in [-0.4, -0.2) is 21.8 Å². The van der Waals surface area contributed by atoms with Gasteiger partial charge >= 0.3 is 5.97 Å². The lowest BCUT2D eigenvalue weighted by Gasteiger charge is -1.95. The number of aromatic carboxylic acids is 1. The maximum absolute atomic E-state index is 10.5. The Morgan fingerprint density at radius 1 is 1.62 bits per heavy atom. The van der Waals surface area contributed by atoms with Gasteiger partial charge in [-0.3, -0.25) is 0 Å². The number of hydrogen-bond donors (Lipinski definition) is 2. The number of carboxylic acids is 1. The minimum Gasteiger partial charge on any atom is -0.477 e. The number of aromatic amines is 1. The third kappa shape index (κ3) is 3.14. The lowest BCUT2D eigenvalue weighted by atomic mass is 10.4. The molecule has 1 rings (SSSR count). The van der Waals surface area contributed by atoms with Crippen molar-refractivity contribution in [1.82, 2.24) is 4.98 Å². The minimum atomic E-state index is -0.901. The van der Waals surface area contributed by atoms with E-state index in [1.54, 1.807) is 17.8 Å². The molecule has 0 saturated carbocycles. The third-order valence-corrected chi connectivity index (χ3v) is 2.69. The van der Waals surface area contributed by atoms with Gasteiger partial charge in [-0.2, -0.15) is 0 Å². The van der Waals surface area contributed by atoms with Gasteiger partial charge in [0.2, 0.25) is 0 Å². The average Bonchev–Trinajstić information content (AvgIpc) is 2.53. The fourth-order valence-electron chi connectivity index (χ4n) is 0.910. The van der Waals surface area contributed by atoms with Crippen LogP contribution in [0.3, 0.4) is 0 Å². The molecule has 0 unspecified atom stereocenters. The van der Waals surface area contributed by atoms with Gasteiger partial charge in [-0.05, 0) is 24.3 Å². The van der Waals surface area contributed by atoms with E-state index in [0.29, 0.717) is 0 Å². The van der Waals surface area contributed by atoms with Crippen LogP contribution in [0, 0.1) is 0 Å². The first kappa shape index (κ1) is 10.2. The second kappa shape index (κ2) is 4.97. The molecule has 13 heavy (non-hydrogen) atoms. The van der Waals surface area contributed by atoms with Gasteiger partial charge in [0.1, 0.15) is 5.69 Å². The quantitative estimate of drug-likeness (QED) is 0.566. The van der Waals surface area contributed by atoms with Gasteiger partial charge in [-0.25, -0.2) is 4.79 Å². The van der Waals surface area contributed by atoms with E-state index < -0.39 is 5.97 Å². The fraction of sp³-hybridized carbons (Fsp3) is 0.444. The molecule has 0 aliphatic heterocycles. The van der Waals surface area contributed by atoms with Crippen molar-refractivity contribution in [2.24, 2.45) is 0 Å². The molecule has 0 saturated heterocycles. The summed E-state index contributed by atoms with van der Waals surface area (Å²) in [4.78, 5) is 13.3. The zero-order valence-corrected chi connectivity index (χ0v) is 8.36. The monoisotopic (exact) mass is 199 g/mol. The molecule has 3 nitrogen and oxygen atoms in total. The molecule has 1 heterocycles. The summed E-state index contributed by atoms with van der Waals surface area (Å²) in [6.45, 7) is 2.14. The fourth-order valence-corrected chi connectivity index (χ4v) is 1.91. The normalized spacial score (nSPS) is 10.2. The molecule has 72 valence electrons. The highest BCUT2D eigenvalue weighted by atomic mass is 32.2. The maximum atomic E-state index is 10.5. The summed E-state index contributed by atoms with van der Waals surface area (Å²) in [5.74, 6) is 0.137. The van der Waals surface area contributed by atoms with Gasteiger partial charge in [0.15, 0.2) is 0 Å². The molecule has 0 amide bonds. The Balaban J connectivity index is 2.44. The maximum Gasteiger partial charge on any atom is 0.352 e. The molecule has 0 atom stereocenters. The Kier molecular flexibility index (Phi) is 3.89. The summed E-state index contributed by atoms with van der Waals surface area (Å²) >= 11 is 1.66. The molecule has 1 aromatic heterocycles. The van der Waals surface area contributed by atoms with E-state index in [2.05, 4.69) is 11.9 Å². The van der Waals surface area contributed by atoms with Gasteiger partial charge < -0.3 is 10.1 Å². The molecule has 2 N–H and O–H groups in total. The topological polar surface area (TPSA) is 53.1 Å². The van der Waals surface area contributed by atoms with Crippen LogP contribution >= 0.6 is 11.8 Å². The Hall–Kier alpha value is -0.900. The van der Waals surface area contributed by atoms with Crippen LogP contribution in [0.2, 0.25) is 0 Å². The summed E-state index contributed by atoms with van der Waals surface area (Å²) in [5.41, 5.74) is 0.263. The number of H-pyrrole nitrogens is 1. The Bertz CT molecular complexity index is 283. The standard InChI is InChI=1S/C9H13NO2S/c1-2-3-6-13-8-5-4-7(10-8)9(11)12/h4-5,10H,2-3,6H2,1H3,(H,11,12). The van der Waals surface area contributed by atoms with Crippen molar-refractivity contribution in [1.29, 1.82) is 0 Å². The van der Waals surface area contributed by atoms with Crippen LogP contribution < -0.4 is 0 Å². The number of aromatic nitrogens is 1. The first-order valence-electron chi connectivity index (χ1n) is 4.29. The average molecular weight is 199 g/mol. The first-order chi connectivity index (χ1) is 6.24. The van der Waals surface area contributed by atoms with Gasteiger partial charge in [-0.15, -0.1) is 11.8 Å². The summed E-state index contributed by atoms with van der Waals surface area (Å²) < 4.78 is 0. The Morgan fingerprint density at radius 3 is 2.92 bits per heavy atom. The van der Waals surface area contributed by atoms with Crippen molar-refractivity contribution >= 4 is 17.7 Å². The van der Waals surface area contributed by atoms with Crippen molar-refractivity contribution in [3.05, 3.63) is 17.8 Å². The second-order valence-electron chi connectivity index (χ2n) is 2.74. The van der Waals surface area contributed by atoms with Crippen LogP contribution in [0.4, 0.5) is 0 Å². The largest absolute Gasteiger partial charge is 0.477 e. The lowest BCUT2D eigenvalue weighted by molar-refractivity contribution is 0.0691. The van der Waals surface area contributed by atoms with Crippen molar-refractivity contribution in [3.8, 4) is 0 Å². The van der Waals surface area contributed by atoms with Gasteiger partial charge in [0.05, 0.1) is 5.03 Å². The smallest absolute Gasteiger partial charge is 0.352 e. The first-order valence-corrected chi connectivity index (χ1v) is 5.27. The zero-order valence-electron chi connectivity index (χ0n) is 7.54. The van der Waals surface area contributed by atoms with Crippen molar-refractivity contribution < 1.29 is 9.90 Å². The van der Waals surface area contributed by atoms with Crippen LogP contribution in [0.25, 0.3) is 0 Å². The van der Waals surface area contributed by atoms with Crippen LogP contribution in [0.1, 0.15) is 30.3 Å². The van der Waals surface area contributed by atoms with E-state index in [9.17, 15) is 4.79 Å². The molecule has 0 fully saturated rings. The molecule has 1 aromatic rings. The SMILES string of the molecule is CCCCSc1ccc(C(=O)O)[nH]1. The summed E-state index contributed by atoms with van der Waals surface area (Å²) in [6, 6.07) is 3.40. The highest BCUT2D eigenvalue weighted by Gasteiger charge is 2.04. The van der Waals surface area contributed by atoms with Gasteiger partial charge in [0.25, 0.3) is 0 Å². The molecule has 4 heteroatoms. The van der Waals surface area contributed by atoms with Crippen LogP contribution in [0.5, 0.6) is 0 Å².